The Morgan fingerprint density at radius 3 is 2.14 bits per heavy atom. The molecule has 0 aliphatic carbocycles. The SMILES string of the molecule is Cc1nc(C)nc(-c2ccc(-c3ccccc3C)[n+](C)c2)n1. The van der Waals surface area contributed by atoms with Crippen LogP contribution in [0.25, 0.3) is 22.6 Å². The zero-order valence-corrected chi connectivity index (χ0v) is 13.3. The van der Waals surface area contributed by atoms with Gasteiger partial charge in [0, 0.05) is 11.6 Å². The van der Waals surface area contributed by atoms with Gasteiger partial charge in [-0.25, -0.2) is 19.5 Å². The standard InChI is InChI=1S/C18H19N4/c1-12-7-5-6-8-16(12)17-10-9-15(11-22(17)4)18-20-13(2)19-14(3)21-18/h5-11H,1-4H3/q+1. The van der Waals surface area contributed by atoms with Crippen molar-refractivity contribution in [2.75, 3.05) is 0 Å². The average Bonchev–Trinajstić information content (AvgIpc) is 2.47. The van der Waals surface area contributed by atoms with Crippen LogP contribution in [0.2, 0.25) is 0 Å². The molecule has 0 amide bonds. The van der Waals surface area contributed by atoms with Crippen molar-refractivity contribution in [2.45, 2.75) is 20.8 Å². The fraction of sp³-hybridized carbons (Fsp3) is 0.222. The van der Waals surface area contributed by atoms with Gasteiger partial charge in [0.25, 0.3) is 0 Å². The Balaban J connectivity index is 2.08. The largest absolute Gasteiger partial charge is 0.219 e. The van der Waals surface area contributed by atoms with Gasteiger partial charge >= 0.3 is 0 Å². The lowest BCUT2D eigenvalue weighted by atomic mass is 10.0. The van der Waals surface area contributed by atoms with Crippen LogP contribution >= 0.6 is 0 Å². The highest BCUT2D eigenvalue weighted by molar-refractivity contribution is 5.63. The Hall–Kier alpha value is -2.62. The molecule has 0 radical (unpaired) electrons. The molecule has 110 valence electrons. The first-order valence-corrected chi connectivity index (χ1v) is 7.30. The summed E-state index contributed by atoms with van der Waals surface area (Å²) in [6.45, 7) is 5.90. The molecule has 0 saturated carbocycles. The normalized spacial score (nSPS) is 10.7. The van der Waals surface area contributed by atoms with Crippen LogP contribution in [0.1, 0.15) is 17.2 Å². The van der Waals surface area contributed by atoms with Crippen molar-refractivity contribution in [1.82, 2.24) is 15.0 Å². The van der Waals surface area contributed by atoms with Gasteiger partial charge in [-0.15, -0.1) is 0 Å². The Labute approximate surface area is 130 Å². The van der Waals surface area contributed by atoms with Crippen LogP contribution in [0.5, 0.6) is 0 Å². The molecule has 0 saturated heterocycles. The van der Waals surface area contributed by atoms with E-state index in [1.54, 1.807) is 0 Å². The van der Waals surface area contributed by atoms with Gasteiger partial charge in [0.05, 0.1) is 5.56 Å². The summed E-state index contributed by atoms with van der Waals surface area (Å²) in [6.07, 6.45) is 2.07. The van der Waals surface area contributed by atoms with Crippen LogP contribution in [-0.2, 0) is 7.05 Å². The van der Waals surface area contributed by atoms with Gasteiger partial charge in [-0.3, -0.25) is 0 Å². The molecular formula is C18H19N4+. The minimum absolute atomic E-state index is 0.719. The minimum atomic E-state index is 0.719. The predicted molar refractivity (Wildman–Crippen MR) is 86.1 cm³/mol. The summed E-state index contributed by atoms with van der Waals surface area (Å²) in [5.74, 6) is 2.21. The molecule has 0 bridgehead atoms. The summed E-state index contributed by atoms with van der Waals surface area (Å²) in [5.41, 5.74) is 4.66. The van der Waals surface area contributed by atoms with Crippen molar-refractivity contribution in [1.29, 1.82) is 0 Å². The molecule has 3 rings (SSSR count). The molecule has 22 heavy (non-hydrogen) atoms. The van der Waals surface area contributed by atoms with E-state index >= 15 is 0 Å². The summed E-state index contributed by atoms with van der Waals surface area (Å²) < 4.78 is 2.12. The molecule has 1 aromatic carbocycles. The van der Waals surface area contributed by atoms with E-state index in [0.717, 1.165) is 23.0 Å². The number of aromatic nitrogens is 4. The fourth-order valence-corrected chi connectivity index (χ4v) is 2.62. The Morgan fingerprint density at radius 2 is 1.50 bits per heavy atom. The van der Waals surface area contributed by atoms with E-state index in [-0.39, 0.29) is 0 Å². The third-order valence-electron chi connectivity index (χ3n) is 3.67. The molecule has 0 spiro atoms. The second-order valence-electron chi connectivity index (χ2n) is 5.48. The molecule has 3 aromatic rings. The van der Waals surface area contributed by atoms with Gasteiger partial charge in [0.2, 0.25) is 5.69 Å². The molecule has 2 heterocycles. The lowest BCUT2D eigenvalue weighted by Gasteiger charge is -2.06. The number of pyridine rings is 1. The van der Waals surface area contributed by atoms with Gasteiger partial charge in [0.15, 0.2) is 12.0 Å². The highest BCUT2D eigenvalue weighted by Gasteiger charge is 2.15. The Kier molecular flexibility index (Phi) is 3.67. The van der Waals surface area contributed by atoms with E-state index in [1.165, 1.54) is 16.8 Å². The maximum Gasteiger partial charge on any atom is 0.212 e. The molecule has 4 heteroatoms. The smallest absolute Gasteiger partial charge is 0.212 e. The van der Waals surface area contributed by atoms with Gasteiger partial charge in [-0.2, -0.15) is 0 Å². The number of hydrogen-bond donors (Lipinski definition) is 0. The van der Waals surface area contributed by atoms with E-state index < -0.39 is 0 Å². The van der Waals surface area contributed by atoms with Crippen LogP contribution in [0.4, 0.5) is 0 Å². The summed E-state index contributed by atoms with van der Waals surface area (Å²) in [4.78, 5) is 13.1. The van der Waals surface area contributed by atoms with Crippen LogP contribution in [-0.4, -0.2) is 15.0 Å². The Morgan fingerprint density at radius 1 is 0.818 bits per heavy atom. The van der Waals surface area contributed by atoms with Crippen molar-refractivity contribution >= 4 is 0 Å². The highest BCUT2D eigenvalue weighted by Crippen LogP contribution is 2.21. The molecular weight excluding hydrogens is 272 g/mol. The van der Waals surface area contributed by atoms with Gasteiger partial charge in [-0.05, 0) is 38.5 Å². The third-order valence-corrected chi connectivity index (χ3v) is 3.67. The van der Waals surface area contributed by atoms with E-state index in [1.807, 2.05) is 20.9 Å². The van der Waals surface area contributed by atoms with Crippen molar-refractivity contribution < 1.29 is 4.57 Å². The first-order chi connectivity index (χ1) is 10.5. The molecule has 0 atom stereocenters. The zero-order chi connectivity index (χ0) is 15.7. The minimum Gasteiger partial charge on any atom is -0.219 e. The molecule has 0 aliphatic heterocycles. The molecule has 0 fully saturated rings. The van der Waals surface area contributed by atoms with E-state index in [4.69, 9.17) is 0 Å². The van der Waals surface area contributed by atoms with E-state index in [2.05, 4.69) is 69.0 Å². The van der Waals surface area contributed by atoms with Crippen molar-refractivity contribution in [3.63, 3.8) is 0 Å². The number of rotatable bonds is 2. The van der Waals surface area contributed by atoms with E-state index in [0.29, 0.717) is 0 Å². The molecule has 0 aliphatic rings. The summed E-state index contributed by atoms with van der Waals surface area (Å²) in [7, 11) is 2.05. The first-order valence-electron chi connectivity index (χ1n) is 7.30. The zero-order valence-electron chi connectivity index (χ0n) is 13.3. The lowest BCUT2D eigenvalue weighted by Crippen LogP contribution is -2.31. The number of aryl methyl sites for hydroxylation is 4. The van der Waals surface area contributed by atoms with Crippen molar-refractivity contribution in [3.05, 3.63) is 59.8 Å². The van der Waals surface area contributed by atoms with Crippen LogP contribution in [0.15, 0.2) is 42.6 Å². The number of nitrogens with zero attached hydrogens (tertiary/aromatic N) is 4. The van der Waals surface area contributed by atoms with Crippen molar-refractivity contribution in [2.24, 2.45) is 7.05 Å². The summed E-state index contributed by atoms with van der Waals surface area (Å²) >= 11 is 0. The summed E-state index contributed by atoms with van der Waals surface area (Å²) in [5, 5.41) is 0. The highest BCUT2D eigenvalue weighted by atomic mass is 15.0. The van der Waals surface area contributed by atoms with Crippen molar-refractivity contribution in [3.8, 4) is 22.6 Å². The molecule has 4 nitrogen and oxygen atoms in total. The van der Waals surface area contributed by atoms with Gasteiger partial charge < -0.3 is 0 Å². The van der Waals surface area contributed by atoms with Gasteiger partial charge in [0.1, 0.15) is 18.7 Å². The molecule has 0 unspecified atom stereocenters. The number of benzene rings is 1. The van der Waals surface area contributed by atoms with Crippen LogP contribution in [0.3, 0.4) is 0 Å². The molecule has 2 aromatic heterocycles. The van der Waals surface area contributed by atoms with E-state index in [9.17, 15) is 0 Å². The molecule has 0 N–H and O–H groups in total. The predicted octanol–water partition coefficient (Wildman–Crippen LogP) is 2.96. The third kappa shape index (κ3) is 2.72. The second kappa shape index (κ2) is 5.64. The van der Waals surface area contributed by atoms with Gasteiger partial charge in [-0.1, -0.05) is 18.2 Å². The van der Waals surface area contributed by atoms with Crippen LogP contribution < -0.4 is 4.57 Å². The number of hydrogen-bond acceptors (Lipinski definition) is 3. The lowest BCUT2D eigenvalue weighted by molar-refractivity contribution is -0.659. The maximum absolute atomic E-state index is 4.43. The topological polar surface area (TPSA) is 42.5 Å². The Bertz CT molecular complexity index is 820. The summed E-state index contributed by atoms with van der Waals surface area (Å²) in [6, 6.07) is 12.6. The maximum atomic E-state index is 4.43. The average molecular weight is 291 g/mol. The quantitative estimate of drug-likeness (QED) is 0.682. The first kappa shape index (κ1) is 14.3. The monoisotopic (exact) mass is 291 g/mol. The van der Waals surface area contributed by atoms with Crippen LogP contribution in [0, 0.1) is 20.8 Å². The second-order valence-corrected chi connectivity index (χ2v) is 5.48. The fourth-order valence-electron chi connectivity index (χ4n) is 2.62.